The van der Waals surface area contributed by atoms with Crippen molar-refractivity contribution in [3.05, 3.63) is 42.0 Å². The van der Waals surface area contributed by atoms with E-state index in [9.17, 15) is 0 Å². The minimum Gasteiger partial charge on any atom is -0.492 e. The summed E-state index contributed by atoms with van der Waals surface area (Å²) in [5.74, 6) is 1.72. The molecule has 0 bridgehead atoms. The van der Waals surface area contributed by atoms with Crippen LogP contribution in [-0.2, 0) is 0 Å². The highest BCUT2D eigenvalue weighted by Crippen LogP contribution is 2.35. The summed E-state index contributed by atoms with van der Waals surface area (Å²) in [7, 11) is 0. The Kier molecular flexibility index (Phi) is 3.43. The Morgan fingerprint density at radius 3 is 2.68 bits per heavy atom. The minimum absolute atomic E-state index is 0.000923. The molecule has 3 rings (SSSR count). The molecule has 19 heavy (non-hydrogen) atoms. The summed E-state index contributed by atoms with van der Waals surface area (Å²) in [6.45, 7) is 2.84. The van der Waals surface area contributed by atoms with Crippen molar-refractivity contribution in [3.63, 3.8) is 0 Å². The third kappa shape index (κ3) is 2.45. The van der Waals surface area contributed by atoms with Gasteiger partial charge in [0.2, 0.25) is 0 Å². The maximum atomic E-state index is 6.14. The van der Waals surface area contributed by atoms with Gasteiger partial charge in [0, 0.05) is 17.0 Å². The molecule has 0 radical (unpaired) electrons. The summed E-state index contributed by atoms with van der Waals surface area (Å²) in [6.07, 6.45) is 3.96. The first-order chi connectivity index (χ1) is 9.25. The Morgan fingerprint density at radius 2 is 2.00 bits per heavy atom. The molecule has 0 aliphatic heterocycles. The average Bonchev–Trinajstić information content (AvgIpc) is 2.36. The van der Waals surface area contributed by atoms with Gasteiger partial charge in [-0.1, -0.05) is 42.8 Å². The lowest BCUT2D eigenvalue weighted by atomic mass is 9.86. The third-order valence-corrected chi connectivity index (χ3v) is 4.09. The predicted octanol–water partition coefficient (Wildman–Crippen LogP) is 4.04. The second kappa shape index (κ2) is 5.22. The molecule has 2 aromatic carbocycles. The fraction of sp³-hybridized carbons (Fsp3) is 0.412. The van der Waals surface area contributed by atoms with Crippen LogP contribution in [0.3, 0.4) is 0 Å². The van der Waals surface area contributed by atoms with E-state index in [0.717, 1.165) is 23.8 Å². The van der Waals surface area contributed by atoms with Crippen molar-refractivity contribution in [1.29, 1.82) is 0 Å². The van der Waals surface area contributed by atoms with Gasteiger partial charge in [0.25, 0.3) is 0 Å². The second-order valence-electron chi connectivity index (χ2n) is 5.60. The molecule has 1 atom stereocenters. The van der Waals surface area contributed by atoms with E-state index in [4.69, 9.17) is 10.5 Å². The Labute approximate surface area is 114 Å². The molecule has 1 fully saturated rings. The van der Waals surface area contributed by atoms with Crippen LogP contribution < -0.4 is 10.5 Å². The maximum Gasteiger partial charge on any atom is 0.131 e. The summed E-state index contributed by atoms with van der Waals surface area (Å²) in [6, 6.07) is 12.6. The van der Waals surface area contributed by atoms with E-state index in [-0.39, 0.29) is 6.04 Å². The number of ether oxygens (including phenoxy) is 1. The van der Waals surface area contributed by atoms with E-state index in [1.165, 1.54) is 30.0 Å². The fourth-order valence-electron chi connectivity index (χ4n) is 2.64. The van der Waals surface area contributed by atoms with Gasteiger partial charge in [-0.25, -0.2) is 0 Å². The van der Waals surface area contributed by atoms with Crippen LogP contribution in [0, 0.1) is 5.92 Å². The van der Waals surface area contributed by atoms with Gasteiger partial charge in [0.15, 0.2) is 0 Å². The molecule has 2 nitrogen and oxygen atoms in total. The molecular formula is C17H21NO. The van der Waals surface area contributed by atoms with Crippen molar-refractivity contribution in [2.75, 3.05) is 6.61 Å². The molecule has 2 N–H and O–H groups in total. The molecule has 0 spiro atoms. The van der Waals surface area contributed by atoms with Crippen LogP contribution in [0.1, 0.15) is 37.8 Å². The van der Waals surface area contributed by atoms with Gasteiger partial charge in [0.1, 0.15) is 5.75 Å². The number of nitrogens with two attached hydrogens (primary N) is 1. The standard InChI is InChI=1S/C17H21NO/c1-12(18)15-10-9-14-7-2-3-8-16(14)17(15)19-11-13-5-4-6-13/h2-3,7-10,12-13H,4-6,11,18H2,1H3. The quantitative estimate of drug-likeness (QED) is 0.895. The topological polar surface area (TPSA) is 35.2 Å². The molecule has 1 aliphatic rings. The molecule has 0 aromatic heterocycles. The summed E-state index contributed by atoms with van der Waals surface area (Å²) >= 11 is 0. The second-order valence-corrected chi connectivity index (χ2v) is 5.60. The minimum atomic E-state index is 0.000923. The Balaban J connectivity index is 1.98. The SMILES string of the molecule is CC(N)c1ccc2ccccc2c1OCC1CCC1. The molecule has 1 aliphatic carbocycles. The smallest absolute Gasteiger partial charge is 0.131 e. The summed E-state index contributed by atoms with van der Waals surface area (Å²) in [4.78, 5) is 0. The zero-order chi connectivity index (χ0) is 13.2. The normalized spacial score (nSPS) is 17.2. The van der Waals surface area contributed by atoms with E-state index in [2.05, 4.69) is 36.4 Å². The van der Waals surface area contributed by atoms with Gasteiger partial charge in [-0.3, -0.25) is 0 Å². The molecule has 1 saturated carbocycles. The number of hydrogen-bond donors (Lipinski definition) is 1. The summed E-state index contributed by atoms with van der Waals surface area (Å²) < 4.78 is 6.14. The molecule has 0 saturated heterocycles. The Bertz CT molecular complexity index is 572. The van der Waals surface area contributed by atoms with Crippen molar-refractivity contribution in [2.45, 2.75) is 32.2 Å². The van der Waals surface area contributed by atoms with Crippen LogP contribution in [0.2, 0.25) is 0 Å². The first-order valence-electron chi connectivity index (χ1n) is 7.15. The van der Waals surface area contributed by atoms with E-state index in [1.807, 2.05) is 6.92 Å². The van der Waals surface area contributed by atoms with Crippen LogP contribution >= 0.6 is 0 Å². The van der Waals surface area contributed by atoms with Crippen molar-refractivity contribution in [1.82, 2.24) is 0 Å². The molecule has 1 unspecified atom stereocenters. The fourth-order valence-corrected chi connectivity index (χ4v) is 2.64. The number of rotatable bonds is 4. The van der Waals surface area contributed by atoms with Crippen molar-refractivity contribution in [3.8, 4) is 5.75 Å². The van der Waals surface area contributed by atoms with Crippen molar-refractivity contribution < 1.29 is 4.74 Å². The third-order valence-electron chi connectivity index (χ3n) is 4.09. The number of benzene rings is 2. The van der Waals surface area contributed by atoms with Crippen LogP contribution in [0.5, 0.6) is 5.75 Å². The molecule has 0 heterocycles. The monoisotopic (exact) mass is 255 g/mol. The number of hydrogen-bond acceptors (Lipinski definition) is 2. The molecule has 0 amide bonds. The van der Waals surface area contributed by atoms with E-state index in [1.54, 1.807) is 0 Å². The van der Waals surface area contributed by atoms with Gasteiger partial charge >= 0.3 is 0 Å². The van der Waals surface area contributed by atoms with E-state index in [0.29, 0.717) is 0 Å². The Hall–Kier alpha value is -1.54. The van der Waals surface area contributed by atoms with Crippen molar-refractivity contribution in [2.24, 2.45) is 11.7 Å². The van der Waals surface area contributed by atoms with E-state index >= 15 is 0 Å². The summed E-state index contributed by atoms with van der Waals surface area (Å²) in [5.41, 5.74) is 7.19. The van der Waals surface area contributed by atoms with E-state index < -0.39 is 0 Å². The first kappa shape index (κ1) is 12.5. The number of fused-ring (bicyclic) bond motifs is 1. The van der Waals surface area contributed by atoms with Crippen LogP contribution in [0.25, 0.3) is 10.8 Å². The lowest BCUT2D eigenvalue weighted by Crippen LogP contribution is -2.20. The van der Waals surface area contributed by atoms with Crippen LogP contribution in [-0.4, -0.2) is 6.61 Å². The summed E-state index contributed by atoms with van der Waals surface area (Å²) in [5, 5.41) is 2.40. The highest BCUT2D eigenvalue weighted by atomic mass is 16.5. The maximum absolute atomic E-state index is 6.14. The first-order valence-corrected chi connectivity index (χ1v) is 7.15. The highest BCUT2D eigenvalue weighted by molar-refractivity contribution is 5.89. The predicted molar refractivity (Wildman–Crippen MR) is 79.4 cm³/mol. The lowest BCUT2D eigenvalue weighted by Gasteiger charge is -2.26. The largest absolute Gasteiger partial charge is 0.492 e. The van der Waals surface area contributed by atoms with Gasteiger partial charge in [0.05, 0.1) is 6.61 Å². The molecular weight excluding hydrogens is 234 g/mol. The van der Waals surface area contributed by atoms with Crippen LogP contribution in [0.4, 0.5) is 0 Å². The highest BCUT2D eigenvalue weighted by Gasteiger charge is 2.20. The zero-order valence-corrected chi connectivity index (χ0v) is 11.4. The molecule has 100 valence electrons. The van der Waals surface area contributed by atoms with Crippen molar-refractivity contribution >= 4 is 10.8 Å². The molecule has 2 aromatic rings. The zero-order valence-electron chi connectivity index (χ0n) is 11.4. The van der Waals surface area contributed by atoms with Crippen LogP contribution in [0.15, 0.2) is 36.4 Å². The lowest BCUT2D eigenvalue weighted by molar-refractivity contribution is 0.180. The van der Waals surface area contributed by atoms with Gasteiger partial charge in [-0.2, -0.15) is 0 Å². The Morgan fingerprint density at radius 1 is 1.21 bits per heavy atom. The van der Waals surface area contributed by atoms with Gasteiger partial charge in [-0.15, -0.1) is 0 Å². The van der Waals surface area contributed by atoms with Gasteiger partial charge in [-0.05, 0) is 31.1 Å². The average molecular weight is 255 g/mol. The van der Waals surface area contributed by atoms with Gasteiger partial charge < -0.3 is 10.5 Å². The molecule has 2 heteroatoms.